The lowest BCUT2D eigenvalue weighted by Gasteiger charge is -2.10. The van der Waals surface area contributed by atoms with Gasteiger partial charge in [0.1, 0.15) is 11.4 Å². The molecule has 0 aliphatic rings. The molecule has 0 aliphatic carbocycles. The molecule has 1 aromatic carbocycles. The topological polar surface area (TPSA) is 108 Å². The van der Waals surface area contributed by atoms with Gasteiger partial charge in [-0.05, 0) is 12.1 Å². The van der Waals surface area contributed by atoms with Gasteiger partial charge in [-0.3, -0.25) is 0 Å². The lowest BCUT2D eigenvalue weighted by Crippen LogP contribution is -2.08. The summed E-state index contributed by atoms with van der Waals surface area (Å²) in [5.74, 6) is -0.743. The van der Waals surface area contributed by atoms with Gasteiger partial charge in [-0.25, -0.2) is 19.7 Å². The van der Waals surface area contributed by atoms with E-state index in [-0.39, 0.29) is 22.9 Å². The van der Waals surface area contributed by atoms with E-state index < -0.39 is 5.97 Å². The molecule has 0 spiro atoms. The minimum atomic E-state index is -1.18. The molecule has 7 heteroatoms. The van der Waals surface area contributed by atoms with E-state index in [0.717, 1.165) is 5.56 Å². The van der Waals surface area contributed by atoms with Gasteiger partial charge in [0.15, 0.2) is 17.4 Å². The Morgan fingerprint density at radius 3 is 2.48 bits per heavy atom. The summed E-state index contributed by atoms with van der Waals surface area (Å²) in [4.78, 5) is 23.6. The van der Waals surface area contributed by atoms with E-state index in [1.807, 2.05) is 30.3 Å². The third kappa shape index (κ3) is 3.08. The summed E-state index contributed by atoms with van der Waals surface area (Å²) in [6, 6.07) is 12.2. The largest absolute Gasteiger partial charge is 0.504 e. The average molecular weight is 308 g/mol. The highest BCUT2D eigenvalue weighted by Gasteiger charge is 2.16. The second-order valence-electron chi connectivity index (χ2n) is 4.62. The Balaban J connectivity index is 2.06. The highest BCUT2D eigenvalue weighted by molar-refractivity contribution is 5.94. The second-order valence-corrected chi connectivity index (χ2v) is 4.62. The summed E-state index contributed by atoms with van der Waals surface area (Å²) < 4.78 is 0. The fraction of sp³-hybridized carbons (Fsp3) is 0. The first kappa shape index (κ1) is 14.5. The Labute approximate surface area is 131 Å². The van der Waals surface area contributed by atoms with Crippen LogP contribution < -0.4 is 5.32 Å². The monoisotopic (exact) mass is 308 g/mol. The number of pyridine rings is 1. The minimum absolute atomic E-state index is 0.0559. The first-order chi connectivity index (χ1) is 11.1. The maximum atomic E-state index is 11.3. The number of hydrogen-bond acceptors (Lipinski definition) is 6. The Kier molecular flexibility index (Phi) is 3.84. The summed E-state index contributed by atoms with van der Waals surface area (Å²) in [5.41, 5.74) is 0.632. The molecule has 0 saturated carbocycles. The second kappa shape index (κ2) is 6.10. The molecule has 0 aliphatic heterocycles. The zero-order valence-corrected chi connectivity index (χ0v) is 11.8. The Morgan fingerprint density at radius 2 is 1.78 bits per heavy atom. The molecule has 0 fully saturated rings. The van der Waals surface area contributed by atoms with Crippen LogP contribution in [-0.4, -0.2) is 31.1 Å². The molecule has 0 unspecified atom stereocenters. The molecule has 0 saturated heterocycles. The molecule has 2 aromatic heterocycles. The van der Waals surface area contributed by atoms with Crippen molar-refractivity contribution in [3.8, 4) is 17.1 Å². The van der Waals surface area contributed by atoms with Crippen LogP contribution in [0.4, 0.5) is 11.6 Å². The quantitative estimate of drug-likeness (QED) is 0.680. The van der Waals surface area contributed by atoms with Crippen molar-refractivity contribution >= 4 is 17.6 Å². The lowest BCUT2D eigenvalue weighted by molar-refractivity contribution is 0.0697. The van der Waals surface area contributed by atoms with Crippen LogP contribution in [0.3, 0.4) is 0 Å². The zero-order chi connectivity index (χ0) is 16.2. The molecule has 3 rings (SSSR count). The number of nitrogens with one attached hydrogen (secondary N) is 1. The van der Waals surface area contributed by atoms with Gasteiger partial charge in [0.05, 0.1) is 0 Å². The van der Waals surface area contributed by atoms with Crippen molar-refractivity contribution in [1.29, 1.82) is 0 Å². The van der Waals surface area contributed by atoms with Crippen molar-refractivity contribution < 1.29 is 15.0 Å². The van der Waals surface area contributed by atoms with Crippen LogP contribution in [0.2, 0.25) is 0 Å². The number of aromatic nitrogens is 3. The number of carboxylic acids is 1. The zero-order valence-electron chi connectivity index (χ0n) is 11.8. The number of aromatic hydroxyl groups is 1. The number of nitrogens with zero attached hydrogens (tertiary/aromatic N) is 3. The summed E-state index contributed by atoms with van der Waals surface area (Å²) in [6.07, 6.45) is 2.70. The van der Waals surface area contributed by atoms with Crippen LogP contribution in [-0.2, 0) is 0 Å². The van der Waals surface area contributed by atoms with E-state index in [1.165, 1.54) is 18.5 Å². The number of aromatic carboxylic acids is 1. The summed E-state index contributed by atoms with van der Waals surface area (Å²) in [7, 11) is 0. The number of hydrogen-bond donors (Lipinski definition) is 3. The normalized spacial score (nSPS) is 10.3. The molecular formula is C16H12N4O3. The van der Waals surface area contributed by atoms with Crippen LogP contribution >= 0.6 is 0 Å². The average Bonchev–Trinajstić information content (AvgIpc) is 2.57. The van der Waals surface area contributed by atoms with Crippen molar-refractivity contribution in [2.24, 2.45) is 0 Å². The van der Waals surface area contributed by atoms with E-state index in [4.69, 9.17) is 0 Å². The van der Waals surface area contributed by atoms with Crippen LogP contribution in [0.1, 0.15) is 10.4 Å². The summed E-state index contributed by atoms with van der Waals surface area (Å²) in [5, 5.41) is 21.8. The Hall–Kier alpha value is -3.48. The first-order valence-electron chi connectivity index (χ1n) is 6.72. The van der Waals surface area contributed by atoms with Crippen molar-refractivity contribution in [1.82, 2.24) is 15.0 Å². The lowest BCUT2D eigenvalue weighted by atomic mass is 10.2. The number of anilines is 2. The number of rotatable bonds is 4. The van der Waals surface area contributed by atoms with Crippen LogP contribution in [0.5, 0.6) is 5.75 Å². The van der Waals surface area contributed by atoms with E-state index in [9.17, 15) is 15.0 Å². The molecule has 0 bridgehead atoms. The van der Waals surface area contributed by atoms with Gasteiger partial charge in [-0.2, -0.15) is 0 Å². The van der Waals surface area contributed by atoms with Crippen molar-refractivity contribution in [3.63, 3.8) is 0 Å². The number of carboxylic acid groups (broad SMARTS) is 1. The third-order valence-electron chi connectivity index (χ3n) is 3.07. The SMILES string of the molecule is O=C(O)c1cnc(-c2ccccc2)nc1Nc1ncccc1O. The van der Waals surface area contributed by atoms with Crippen molar-refractivity contribution in [2.75, 3.05) is 5.32 Å². The Bertz CT molecular complexity index is 853. The van der Waals surface area contributed by atoms with Gasteiger partial charge in [-0.1, -0.05) is 30.3 Å². The Morgan fingerprint density at radius 1 is 1.00 bits per heavy atom. The van der Waals surface area contributed by atoms with Crippen molar-refractivity contribution in [2.45, 2.75) is 0 Å². The van der Waals surface area contributed by atoms with Crippen molar-refractivity contribution in [3.05, 3.63) is 60.4 Å². The molecule has 114 valence electrons. The van der Waals surface area contributed by atoms with Gasteiger partial charge < -0.3 is 15.5 Å². The molecule has 3 aromatic rings. The number of carbonyl (C=O) groups is 1. The number of benzene rings is 1. The molecule has 7 nitrogen and oxygen atoms in total. The molecule has 23 heavy (non-hydrogen) atoms. The van der Waals surface area contributed by atoms with E-state index in [2.05, 4.69) is 20.3 Å². The standard InChI is InChI=1S/C16H12N4O3/c21-12-7-4-8-17-15(12)20-14-11(16(22)23)9-18-13(19-14)10-5-2-1-3-6-10/h1-9,21H,(H,22,23)(H,17,18,19,20). The summed E-state index contributed by atoms with van der Waals surface area (Å²) in [6.45, 7) is 0. The van der Waals surface area contributed by atoms with Gasteiger partial charge >= 0.3 is 5.97 Å². The maximum Gasteiger partial charge on any atom is 0.341 e. The van der Waals surface area contributed by atoms with Crippen LogP contribution in [0, 0.1) is 0 Å². The molecule has 0 radical (unpaired) electrons. The van der Waals surface area contributed by atoms with Crippen LogP contribution in [0.25, 0.3) is 11.4 Å². The highest BCUT2D eigenvalue weighted by Crippen LogP contribution is 2.26. The predicted molar refractivity (Wildman–Crippen MR) is 83.6 cm³/mol. The highest BCUT2D eigenvalue weighted by atomic mass is 16.4. The first-order valence-corrected chi connectivity index (χ1v) is 6.72. The van der Waals surface area contributed by atoms with Gasteiger partial charge in [0, 0.05) is 18.0 Å². The summed E-state index contributed by atoms with van der Waals surface area (Å²) >= 11 is 0. The molecule has 3 N–H and O–H groups in total. The van der Waals surface area contributed by atoms with E-state index in [0.29, 0.717) is 5.82 Å². The minimum Gasteiger partial charge on any atom is -0.504 e. The fourth-order valence-corrected chi connectivity index (χ4v) is 1.97. The third-order valence-corrected chi connectivity index (χ3v) is 3.07. The van der Waals surface area contributed by atoms with Crippen LogP contribution in [0.15, 0.2) is 54.9 Å². The predicted octanol–water partition coefficient (Wildman–Crippen LogP) is 2.69. The fourth-order valence-electron chi connectivity index (χ4n) is 1.97. The van der Waals surface area contributed by atoms with Gasteiger partial charge in [0.25, 0.3) is 0 Å². The van der Waals surface area contributed by atoms with Gasteiger partial charge in [-0.15, -0.1) is 0 Å². The molecule has 2 heterocycles. The van der Waals surface area contributed by atoms with E-state index in [1.54, 1.807) is 6.07 Å². The smallest absolute Gasteiger partial charge is 0.341 e. The van der Waals surface area contributed by atoms with E-state index >= 15 is 0 Å². The maximum absolute atomic E-state index is 11.3. The van der Waals surface area contributed by atoms with Gasteiger partial charge in [0.2, 0.25) is 0 Å². The molecular weight excluding hydrogens is 296 g/mol. The molecule has 0 atom stereocenters. The molecule has 0 amide bonds.